The lowest BCUT2D eigenvalue weighted by Crippen LogP contribution is -2.30. The predicted molar refractivity (Wildman–Crippen MR) is 213 cm³/mol. The molecule has 5 nitrogen and oxygen atoms in total. The van der Waals surface area contributed by atoms with Crippen LogP contribution in [-0.2, 0) is 5.41 Å². The third kappa shape index (κ3) is 4.47. The summed E-state index contributed by atoms with van der Waals surface area (Å²) in [5.74, 6) is 2.91. The molecule has 3 heterocycles. The van der Waals surface area contributed by atoms with E-state index in [1.807, 2.05) is 60.7 Å². The van der Waals surface area contributed by atoms with E-state index in [2.05, 4.69) is 116 Å². The Labute approximate surface area is 308 Å². The third-order valence-corrected chi connectivity index (χ3v) is 11.5. The highest BCUT2D eigenvalue weighted by atomic mass is 16.3. The summed E-state index contributed by atoms with van der Waals surface area (Å²) >= 11 is 0. The highest BCUT2D eigenvalue weighted by molar-refractivity contribution is 5.93. The number of anilines is 2. The van der Waals surface area contributed by atoms with Crippen molar-refractivity contribution in [3.63, 3.8) is 0 Å². The van der Waals surface area contributed by atoms with Gasteiger partial charge < -0.3 is 9.32 Å². The van der Waals surface area contributed by atoms with Gasteiger partial charge in [0.25, 0.3) is 0 Å². The normalized spacial score (nSPS) is 17.3. The molecule has 0 amide bonds. The van der Waals surface area contributed by atoms with Crippen molar-refractivity contribution < 1.29 is 4.42 Å². The summed E-state index contributed by atoms with van der Waals surface area (Å²) in [5, 5.41) is 1.12. The van der Waals surface area contributed by atoms with Crippen LogP contribution in [0, 0.1) is 0 Å². The van der Waals surface area contributed by atoms with Crippen molar-refractivity contribution in [2.45, 2.75) is 31.2 Å². The van der Waals surface area contributed by atoms with Gasteiger partial charge in [-0.1, -0.05) is 141 Å². The average molecular weight is 683 g/mol. The van der Waals surface area contributed by atoms with Crippen LogP contribution in [0.3, 0.4) is 0 Å². The average Bonchev–Trinajstić information content (AvgIpc) is 3.83. The summed E-state index contributed by atoms with van der Waals surface area (Å²) < 4.78 is 6.69. The first-order valence-corrected chi connectivity index (χ1v) is 18.3. The lowest BCUT2D eigenvalue weighted by atomic mass is 9.82. The minimum absolute atomic E-state index is 0.0725. The largest absolute Gasteiger partial charge is 0.456 e. The second-order valence-electron chi connectivity index (χ2n) is 14.8. The number of aromatic nitrogens is 3. The third-order valence-electron chi connectivity index (χ3n) is 11.5. The van der Waals surface area contributed by atoms with Gasteiger partial charge in [-0.05, 0) is 58.2 Å². The van der Waals surface area contributed by atoms with E-state index in [-0.39, 0.29) is 17.4 Å². The fourth-order valence-corrected chi connectivity index (χ4v) is 8.98. The molecule has 8 aromatic rings. The Morgan fingerprint density at radius 2 is 1.23 bits per heavy atom. The van der Waals surface area contributed by atoms with Crippen LogP contribution in [0.2, 0.25) is 0 Å². The summed E-state index contributed by atoms with van der Waals surface area (Å²) in [6.45, 7) is 4.70. The zero-order valence-corrected chi connectivity index (χ0v) is 29.4. The van der Waals surface area contributed by atoms with Gasteiger partial charge in [0, 0.05) is 50.3 Å². The van der Waals surface area contributed by atoms with E-state index in [0.29, 0.717) is 17.5 Å². The Bertz CT molecular complexity index is 2720. The number of benzene rings is 6. The molecule has 53 heavy (non-hydrogen) atoms. The number of hydrogen-bond donors (Lipinski definition) is 0. The second-order valence-corrected chi connectivity index (χ2v) is 14.8. The van der Waals surface area contributed by atoms with E-state index < -0.39 is 0 Å². The molecule has 0 fully saturated rings. The molecule has 0 saturated heterocycles. The topological polar surface area (TPSA) is 55.1 Å². The van der Waals surface area contributed by atoms with Gasteiger partial charge in [-0.2, -0.15) is 0 Å². The van der Waals surface area contributed by atoms with E-state index in [1.165, 1.54) is 44.8 Å². The van der Waals surface area contributed by atoms with Crippen LogP contribution in [0.4, 0.5) is 11.4 Å². The molecule has 0 saturated carbocycles. The van der Waals surface area contributed by atoms with Gasteiger partial charge in [0.15, 0.2) is 17.5 Å². The van der Waals surface area contributed by atoms with Crippen LogP contribution in [0.1, 0.15) is 47.8 Å². The minimum Gasteiger partial charge on any atom is -0.456 e. The van der Waals surface area contributed by atoms with Crippen molar-refractivity contribution in [1.29, 1.82) is 0 Å². The molecular formula is C48H34N4O. The van der Waals surface area contributed by atoms with Gasteiger partial charge in [-0.3, -0.25) is 0 Å². The Morgan fingerprint density at radius 3 is 1.98 bits per heavy atom. The number of hydrogen-bond acceptors (Lipinski definition) is 5. The van der Waals surface area contributed by atoms with Crippen LogP contribution >= 0.6 is 0 Å². The summed E-state index contributed by atoms with van der Waals surface area (Å²) in [6, 6.07) is 51.5. The lowest BCUT2D eigenvalue weighted by molar-refractivity contribution is 0.584. The molecule has 6 aromatic carbocycles. The fourth-order valence-electron chi connectivity index (χ4n) is 8.98. The molecule has 0 spiro atoms. The quantitative estimate of drug-likeness (QED) is 0.185. The smallest absolute Gasteiger partial charge is 0.164 e. The zero-order chi connectivity index (χ0) is 35.3. The molecular weight excluding hydrogens is 649 g/mol. The maximum atomic E-state index is 6.69. The van der Waals surface area contributed by atoms with E-state index in [9.17, 15) is 0 Å². The SMILES string of the molecule is CC1(C)c2ccccc2-c2ccc(N3c4ccccc4C4c5c(oc6cc(-c7nc(-c8ccccc8)nc(-c8ccccc8)n7)ccc56)C=CC43)cc21. The maximum absolute atomic E-state index is 6.69. The molecule has 2 atom stereocenters. The minimum atomic E-state index is -0.0725. The molecule has 3 aliphatic rings. The number of furan rings is 1. The summed E-state index contributed by atoms with van der Waals surface area (Å²) in [5.41, 5.74) is 14.0. The zero-order valence-electron chi connectivity index (χ0n) is 29.4. The molecule has 5 heteroatoms. The summed E-state index contributed by atoms with van der Waals surface area (Å²) in [7, 11) is 0. The lowest BCUT2D eigenvalue weighted by Gasteiger charge is -2.31. The van der Waals surface area contributed by atoms with Gasteiger partial charge in [0.05, 0.1) is 6.04 Å². The first-order valence-electron chi connectivity index (χ1n) is 18.3. The molecule has 0 radical (unpaired) electrons. The first-order chi connectivity index (χ1) is 26.0. The number of nitrogens with zero attached hydrogens (tertiary/aromatic N) is 4. The molecule has 252 valence electrons. The molecule has 2 unspecified atom stereocenters. The van der Waals surface area contributed by atoms with Crippen LogP contribution < -0.4 is 4.90 Å². The molecule has 1 aliphatic heterocycles. The molecule has 0 bridgehead atoms. The Balaban J connectivity index is 1.02. The molecule has 0 N–H and O–H groups in total. The van der Waals surface area contributed by atoms with E-state index >= 15 is 0 Å². The van der Waals surface area contributed by atoms with Crippen molar-refractivity contribution in [2.24, 2.45) is 0 Å². The highest BCUT2D eigenvalue weighted by Gasteiger charge is 2.44. The monoisotopic (exact) mass is 682 g/mol. The predicted octanol–water partition coefficient (Wildman–Crippen LogP) is 11.6. The number of fused-ring (bicyclic) bond motifs is 10. The first kappa shape index (κ1) is 30.1. The van der Waals surface area contributed by atoms with Gasteiger partial charge in [-0.25, -0.2) is 15.0 Å². The van der Waals surface area contributed by atoms with Crippen molar-refractivity contribution in [2.75, 3.05) is 4.90 Å². The Kier molecular flexibility index (Phi) is 6.36. The summed E-state index contributed by atoms with van der Waals surface area (Å²) in [6.07, 6.45) is 4.50. The number of para-hydroxylation sites is 1. The van der Waals surface area contributed by atoms with Crippen molar-refractivity contribution in [3.05, 3.63) is 180 Å². The Hall–Kier alpha value is -6.59. The molecule has 11 rings (SSSR count). The van der Waals surface area contributed by atoms with E-state index in [4.69, 9.17) is 19.4 Å². The van der Waals surface area contributed by atoms with E-state index in [1.54, 1.807) is 0 Å². The van der Waals surface area contributed by atoms with Gasteiger partial charge in [0.1, 0.15) is 11.3 Å². The van der Waals surface area contributed by atoms with Gasteiger partial charge in [-0.15, -0.1) is 0 Å². The van der Waals surface area contributed by atoms with Gasteiger partial charge in [0.2, 0.25) is 0 Å². The highest BCUT2D eigenvalue weighted by Crippen LogP contribution is 2.55. The van der Waals surface area contributed by atoms with Gasteiger partial charge >= 0.3 is 0 Å². The summed E-state index contributed by atoms with van der Waals surface area (Å²) in [4.78, 5) is 17.4. The standard InChI is InChI=1S/C48H34N4O/c1-48(2)37-19-11-9-17-33(37)34-24-22-32(28-38(34)48)52-39-20-12-10-18-35(39)43-40(52)25-26-41-44(43)36-23-21-31(27-42(36)53-41)47-50-45(29-13-5-3-6-14-29)49-46(51-47)30-15-7-4-8-16-30/h3-28,40,43H,1-2H3. The van der Waals surface area contributed by atoms with Crippen molar-refractivity contribution in [1.82, 2.24) is 15.0 Å². The Morgan fingerprint density at radius 1 is 0.585 bits per heavy atom. The van der Waals surface area contributed by atoms with Crippen molar-refractivity contribution in [3.8, 4) is 45.3 Å². The van der Waals surface area contributed by atoms with Crippen LogP contribution in [0.5, 0.6) is 0 Å². The molecule has 2 aromatic heterocycles. The maximum Gasteiger partial charge on any atom is 0.164 e. The second kappa shape index (κ2) is 11.2. The fraction of sp³-hybridized carbons (Fsp3) is 0.104. The van der Waals surface area contributed by atoms with Crippen LogP contribution in [-0.4, -0.2) is 21.0 Å². The molecule has 2 aliphatic carbocycles. The van der Waals surface area contributed by atoms with Crippen LogP contribution in [0.15, 0.2) is 156 Å². The van der Waals surface area contributed by atoms with Crippen molar-refractivity contribution >= 4 is 28.4 Å². The van der Waals surface area contributed by atoms with E-state index in [0.717, 1.165) is 33.4 Å². The van der Waals surface area contributed by atoms with Crippen LogP contribution in [0.25, 0.3) is 62.3 Å². The number of rotatable bonds is 4.